The van der Waals surface area contributed by atoms with E-state index in [-0.39, 0.29) is 11.7 Å². The molecule has 0 atom stereocenters. The number of carbonyl (C=O) groups excluding carboxylic acids is 1. The van der Waals surface area contributed by atoms with Gasteiger partial charge in [-0.15, -0.1) is 0 Å². The smallest absolute Gasteiger partial charge is 0.341 e. The maximum absolute atomic E-state index is 12.5. The summed E-state index contributed by atoms with van der Waals surface area (Å²) in [6.45, 7) is 2.12. The van der Waals surface area contributed by atoms with Crippen molar-refractivity contribution in [3.63, 3.8) is 0 Å². The molecule has 0 aliphatic rings. The Morgan fingerprint density at radius 3 is 2.63 bits per heavy atom. The molecule has 3 aromatic rings. The molecule has 8 nitrogen and oxygen atoms in total. The summed E-state index contributed by atoms with van der Waals surface area (Å²) in [5.74, 6) is -0.731. The molecular weight excluding hydrogens is 386 g/mol. The lowest BCUT2D eigenvalue weighted by atomic mass is 10.1. The number of rotatable bonds is 10. The van der Waals surface area contributed by atoms with Gasteiger partial charge < -0.3 is 19.9 Å². The molecule has 0 saturated heterocycles. The Kier molecular flexibility index (Phi) is 7.05. The number of nitrogens with zero attached hydrogens (tertiary/aromatic N) is 2. The van der Waals surface area contributed by atoms with Gasteiger partial charge >= 0.3 is 5.97 Å². The van der Waals surface area contributed by atoms with Gasteiger partial charge in [-0.25, -0.2) is 9.48 Å². The zero-order chi connectivity index (χ0) is 21.3. The van der Waals surface area contributed by atoms with Crippen LogP contribution in [-0.2, 0) is 11.2 Å². The SMILES string of the molecule is CCOc1cc(C(=O)NCCc2cnn(-c3ccccc3)c2)ccc1OCC(=O)O. The number of hydrogen-bond donors (Lipinski definition) is 2. The van der Waals surface area contributed by atoms with Gasteiger partial charge in [-0.3, -0.25) is 4.79 Å². The van der Waals surface area contributed by atoms with Crippen molar-refractivity contribution in [2.75, 3.05) is 19.8 Å². The van der Waals surface area contributed by atoms with Crippen LogP contribution in [0.15, 0.2) is 60.9 Å². The topological polar surface area (TPSA) is 103 Å². The van der Waals surface area contributed by atoms with E-state index < -0.39 is 12.6 Å². The number of amides is 1. The van der Waals surface area contributed by atoms with Gasteiger partial charge in [0, 0.05) is 18.3 Å². The summed E-state index contributed by atoms with van der Waals surface area (Å²) < 4.78 is 12.5. The fourth-order valence-electron chi connectivity index (χ4n) is 2.81. The van der Waals surface area contributed by atoms with Gasteiger partial charge in [-0.2, -0.15) is 5.10 Å². The molecule has 2 aromatic carbocycles. The molecule has 0 bridgehead atoms. The van der Waals surface area contributed by atoms with Crippen LogP contribution in [-0.4, -0.2) is 46.5 Å². The van der Waals surface area contributed by atoms with Crippen LogP contribution in [0.1, 0.15) is 22.8 Å². The molecule has 2 N–H and O–H groups in total. The van der Waals surface area contributed by atoms with Crippen molar-refractivity contribution in [2.45, 2.75) is 13.3 Å². The van der Waals surface area contributed by atoms with Crippen LogP contribution in [0.3, 0.4) is 0 Å². The lowest BCUT2D eigenvalue weighted by molar-refractivity contribution is -0.139. The van der Waals surface area contributed by atoms with Crippen molar-refractivity contribution in [1.29, 1.82) is 0 Å². The van der Waals surface area contributed by atoms with Crippen molar-refractivity contribution < 1.29 is 24.2 Å². The van der Waals surface area contributed by atoms with E-state index in [1.165, 1.54) is 6.07 Å². The molecule has 1 aromatic heterocycles. The Balaban J connectivity index is 1.57. The summed E-state index contributed by atoms with van der Waals surface area (Å²) >= 11 is 0. The van der Waals surface area contributed by atoms with Crippen LogP contribution < -0.4 is 14.8 Å². The molecule has 1 heterocycles. The standard InChI is InChI=1S/C22H23N3O5/c1-2-29-20-12-17(8-9-19(20)30-15-21(26)27)22(28)23-11-10-16-13-24-25(14-16)18-6-4-3-5-7-18/h3-9,12-14H,2,10-11,15H2,1H3,(H,23,28)(H,26,27). The maximum atomic E-state index is 12.5. The average Bonchev–Trinajstić information content (AvgIpc) is 3.22. The quantitative estimate of drug-likeness (QED) is 0.534. The number of carboxylic acid groups (broad SMARTS) is 1. The van der Waals surface area contributed by atoms with E-state index in [4.69, 9.17) is 14.6 Å². The highest BCUT2D eigenvalue weighted by atomic mass is 16.5. The third kappa shape index (κ3) is 5.60. The van der Waals surface area contributed by atoms with E-state index in [9.17, 15) is 9.59 Å². The Morgan fingerprint density at radius 1 is 1.10 bits per heavy atom. The Morgan fingerprint density at radius 2 is 1.90 bits per heavy atom. The third-order valence-corrected chi connectivity index (χ3v) is 4.21. The molecular formula is C22H23N3O5. The van der Waals surface area contributed by atoms with Crippen LogP contribution in [0, 0.1) is 0 Å². The first-order valence-electron chi connectivity index (χ1n) is 9.55. The van der Waals surface area contributed by atoms with Crippen molar-refractivity contribution in [3.8, 4) is 17.2 Å². The molecule has 156 valence electrons. The Hall–Kier alpha value is -3.81. The van der Waals surface area contributed by atoms with Crippen molar-refractivity contribution in [1.82, 2.24) is 15.1 Å². The molecule has 8 heteroatoms. The van der Waals surface area contributed by atoms with Gasteiger partial charge in [0.1, 0.15) is 0 Å². The van der Waals surface area contributed by atoms with Crippen LogP contribution >= 0.6 is 0 Å². The highest BCUT2D eigenvalue weighted by Gasteiger charge is 2.13. The summed E-state index contributed by atoms with van der Waals surface area (Å²) in [6.07, 6.45) is 4.35. The molecule has 0 aliphatic heterocycles. The molecule has 30 heavy (non-hydrogen) atoms. The van der Waals surface area contributed by atoms with E-state index >= 15 is 0 Å². The molecule has 0 aliphatic carbocycles. The minimum absolute atomic E-state index is 0.254. The minimum Gasteiger partial charge on any atom is -0.490 e. The van der Waals surface area contributed by atoms with Gasteiger partial charge in [0.15, 0.2) is 18.1 Å². The third-order valence-electron chi connectivity index (χ3n) is 4.21. The maximum Gasteiger partial charge on any atom is 0.341 e. The predicted octanol–water partition coefficient (Wildman–Crippen LogP) is 2.71. The number of carbonyl (C=O) groups is 2. The van der Waals surface area contributed by atoms with Crippen LogP contribution in [0.5, 0.6) is 11.5 Å². The molecule has 0 spiro atoms. The second kappa shape index (κ2) is 10.1. The summed E-state index contributed by atoms with van der Waals surface area (Å²) in [7, 11) is 0. The first-order valence-corrected chi connectivity index (χ1v) is 9.55. The average molecular weight is 409 g/mol. The molecule has 0 unspecified atom stereocenters. The molecule has 1 amide bonds. The van der Waals surface area contributed by atoms with E-state index in [2.05, 4.69) is 10.4 Å². The second-order valence-corrected chi connectivity index (χ2v) is 6.41. The van der Waals surface area contributed by atoms with Crippen molar-refractivity contribution in [2.24, 2.45) is 0 Å². The van der Waals surface area contributed by atoms with Crippen LogP contribution in [0.25, 0.3) is 5.69 Å². The number of nitrogens with one attached hydrogen (secondary N) is 1. The highest BCUT2D eigenvalue weighted by Crippen LogP contribution is 2.28. The van der Waals surface area contributed by atoms with Crippen LogP contribution in [0.2, 0.25) is 0 Å². The van der Waals surface area contributed by atoms with Crippen LogP contribution in [0.4, 0.5) is 0 Å². The Bertz CT molecular complexity index is 1000. The molecule has 0 fully saturated rings. The lowest BCUT2D eigenvalue weighted by Gasteiger charge is -2.12. The normalized spacial score (nSPS) is 10.4. The Labute approximate surface area is 174 Å². The summed E-state index contributed by atoms with van der Waals surface area (Å²) in [5.41, 5.74) is 2.38. The second-order valence-electron chi connectivity index (χ2n) is 6.41. The van der Waals surface area contributed by atoms with Gasteiger partial charge in [0.2, 0.25) is 0 Å². The molecule has 0 saturated carbocycles. The van der Waals surface area contributed by atoms with Gasteiger partial charge in [0.25, 0.3) is 5.91 Å². The largest absolute Gasteiger partial charge is 0.490 e. The zero-order valence-electron chi connectivity index (χ0n) is 16.6. The summed E-state index contributed by atoms with van der Waals surface area (Å²) in [4.78, 5) is 23.2. The molecule has 3 rings (SSSR count). The van der Waals surface area contributed by atoms with Crippen molar-refractivity contribution in [3.05, 3.63) is 72.1 Å². The number of hydrogen-bond acceptors (Lipinski definition) is 5. The zero-order valence-corrected chi connectivity index (χ0v) is 16.6. The van der Waals surface area contributed by atoms with Gasteiger partial charge in [-0.05, 0) is 49.2 Å². The first-order chi connectivity index (χ1) is 14.6. The number of aliphatic carboxylic acids is 1. The van der Waals surface area contributed by atoms with Crippen molar-refractivity contribution >= 4 is 11.9 Å². The first kappa shape index (κ1) is 20.9. The fourth-order valence-corrected chi connectivity index (χ4v) is 2.81. The number of benzene rings is 2. The van der Waals surface area contributed by atoms with Gasteiger partial charge in [-0.1, -0.05) is 18.2 Å². The van der Waals surface area contributed by atoms with E-state index in [1.807, 2.05) is 36.5 Å². The number of carboxylic acids is 1. The molecule has 0 radical (unpaired) electrons. The van der Waals surface area contributed by atoms with E-state index in [0.29, 0.717) is 30.9 Å². The lowest BCUT2D eigenvalue weighted by Crippen LogP contribution is -2.25. The monoisotopic (exact) mass is 409 g/mol. The number of aromatic nitrogens is 2. The fraction of sp³-hybridized carbons (Fsp3) is 0.227. The van der Waals surface area contributed by atoms with E-state index in [1.54, 1.807) is 29.9 Å². The highest BCUT2D eigenvalue weighted by molar-refractivity contribution is 5.94. The predicted molar refractivity (Wildman–Crippen MR) is 110 cm³/mol. The van der Waals surface area contributed by atoms with Gasteiger partial charge in [0.05, 0.1) is 18.5 Å². The number of ether oxygens (including phenoxy) is 2. The summed E-state index contributed by atoms with van der Waals surface area (Å²) in [5, 5.41) is 16.0. The summed E-state index contributed by atoms with van der Waals surface area (Å²) in [6, 6.07) is 14.4. The van der Waals surface area contributed by atoms with E-state index in [0.717, 1.165) is 11.3 Å². The minimum atomic E-state index is -1.09. The number of para-hydroxylation sites is 1.